The fourth-order valence-corrected chi connectivity index (χ4v) is 2.48. The van der Waals surface area contributed by atoms with Gasteiger partial charge in [0.15, 0.2) is 0 Å². The zero-order valence-corrected chi connectivity index (χ0v) is 13.2. The molecule has 0 aliphatic heterocycles. The number of para-hydroxylation sites is 1. The molecule has 4 heteroatoms. The number of halogens is 1. The number of nitrogens with one attached hydrogen (secondary N) is 1. The summed E-state index contributed by atoms with van der Waals surface area (Å²) in [5.41, 5.74) is 1.73. The molecule has 0 fully saturated rings. The molecule has 0 unspecified atom stereocenters. The number of anilines is 1. The standard InChI is InChI=1S/C19H16ClNO2/c20-15-6-4-5-14(13-15)18-11-9-17(23-18)10-12-19(22)21-16-7-2-1-3-8-16/h1-9,11,13H,10,12H2,(H,21,22). The number of hydrogen-bond acceptors (Lipinski definition) is 2. The Hall–Kier alpha value is -2.52. The van der Waals surface area contributed by atoms with E-state index in [-0.39, 0.29) is 5.91 Å². The Bertz CT molecular complexity index is 796. The minimum atomic E-state index is -0.0306. The summed E-state index contributed by atoms with van der Waals surface area (Å²) in [6.45, 7) is 0. The molecule has 0 aliphatic rings. The van der Waals surface area contributed by atoms with Gasteiger partial charge in [0.2, 0.25) is 5.91 Å². The molecule has 0 spiro atoms. The van der Waals surface area contributed by atoms with Crippen LogP contribution in [0.3, 0.4) is 0 Å². The van der Waals surface area contributed by atoms with Crippen molar-refractivity contribution in [2.24, 2.45) is 0 Å². The van der Waals surface area contributed by atoms with E-state index in [0.717, 1.165) is 22.8 Å². The molecule has 0 saturated carbocycles. The van der Waals surface area contributed by atoms with Crippen LogP contribution in [-0.4, -0.2) is 5.91 Å². The van der Waals surface area contributed by atoms with Crippen LogP contribution < -0.4 is 5.32 Å². The van der Waals surface area contributed by atoms with E-state index in [4.69, 9.17) is 16.0 Å². The van der Waals surface area contributed by atoms with E-state index in [0.29, 0.717) is 17.9 Å². The minimum Gasteiger partial charge on any atom is -0.461 e. The number of amides is 1. The van der Waals surface area contributed by atoms with Crippen molar-refractivity contribution in [3.63, 3.8) is 0 Å². The fourth-order valence-electron chi connectivity index (χ4n) is 2.29. The molecule has 0 saturated heterocycles. The first-order valence-electron chi connectivity index (χ1n) is 7.40. The molecule has 1 heterocycles. The van der Waals surface area contributed by atoms with Gasteiger partial charge < -0.3 is 9.73 Å². The molecule has 23 heavy (non-hydrogen) atoms. The molecule has 1 N–H and O–H groups in total. The van der Waals surface area contributed by atoms with Crippen LogP contribution in [0, 0.1) is 0 Å². The van der Waals surface area contributed by atoms with Crippen molar-refractivity contribution in [3.05, 3.63) is 77.5 Å². The predicted octanol–water partition coefficient (Wildman–Crippen LogP) is 5.17. The summed E-state index contributed by atoms with van der Waals surface area (Å²) >= 11 is 5.99. The Morgan fingerprint density at radius 2 is 1.83 bits per heavy atom. The van der Waals surface area contributed by atoms with E-state index >= 15 is 0 Å². The molecule has 3 nitrogen and oxygen atoms in total. The topological polar surface area (TPSA) is 42.2 Å². The summed E-state index contributed by atoms with van der Waals surface area (Å²) in [7, 11) is 0. The van der Waals surface area contributed by atoms with Crippen LogP contribution >= 0.6 is 11.6 Å². The highest BCUT2D eigenvalue weighted by molar-refractivity contribution is 6.30. The highest BCUT2D eigenvalue weighted by Crippen LogP contribution is 2.25. The largest absolute Gasteiger partial charge is 0.461 e. The number of benzene rings is 2. The molecule has 0 radical (unpaired) electrons. The van der Waals surface area contributed by atoms with Crippen molar-refractivity contribution < 1.29 is 9.21 Å². The number of carbonyl (C=O) groups excluding carboxylic acids is 1. The number of hydrogen-bond donors (Lipinski definition) is 1. The smallest absolute Gasteiger partial charge is 0.224 e. The Morgan fingerprint density at radius 3 is 2.61 bits per heavy atom. The molecule has 3 rings (SSSR count). The third-order valence-electron chi connectivity index (χ3n) is 3.43. The first-order chi connectivity index (χ1) is 11.2. The maximum atomic E-state index is 11.9. The van der Waals surface area contributed by atoms with Crippen LogP contribution in [-0.2, 0) is 11.2 Å². The molecular weight excluding hydrogens is 310 g/mol. The van der Waals surface area contributed by atoms with Crippen molar-refractivity contribution in [1.82, 2.24) is 0 Å². The van der Waals surface area contributed by atoms with Crippen LogP contribution in [0.2, 0.25) is 5.02 Å². The highest BCUT2D eigenvalue weighted by atomic mass is 35.5. The summed E-state index contributed by atoms with van der Waals surface area (Å²) in [5, 5.41) is 3.53. The second-order valence-corrected chi connectivity index (χ2v) is 5.63. The molecule has 0 bridgehead atoms. The SMILES string of the molecule is O=C(CCc1ccc(-c2cccc(Cl)c2)o1)Nc1ccccc1. The molecule has 1 aromatic heterocycles. The van der Waals surface area contributed by atoms with Crippen molar-refractivity contribution in [2.75, 3.05) is 5.32 Å². The zero-order chi connectivity index (χ0) is 16.1. The van der Waals surface area contributed by atoms with E-state index in [1.54, 1.807) is 0 Å². The van der Waals surface area contributed by atoms with Gasteiger partial charge in [0.05, 0.1) is 0 Å². The summed E-state index contributed by atoms with van der Waals surface area (Å²) in [5.74, 6) is 1.51. The van der Waals surface area contributed by atoms with Crippen molar-refractivity contribution >= 4 is 23.2 Å². The van der Waals surface area contributed by atoms with Crippen molar-refractivity contribution in [2.45, 2.75) is 12.8 Å². The molecule has 0 atom stereocenters. The van der Waals surface area contributed by atoms with Gasteiger partial charge in [-0.05, 0) is 36.4 Å². The number of furan rings is 1. The van der Waals surface area contributed by atoms with Gasteiger partial charge in [-0.25, -0.2) is 0 Å². The second kappa shape index (κ2) is 7.16. The summed E-state index contributed by atoms with van der Waals surface area (Å²) < 4.78 is 5.79. The monoisotopic (exact) mass is 325 g/mol. The third kappa shape index (κ3) is 4.24. The van der Waals surface area contributed by atoms with Crippen LogP contribution in [0.1, 0.15) is 12.2 Å². The highest BCUT2D eigenvalue weighted by Gasteiger charge is 2.08. The van der Waals surface area contributed by atoms with Gasteiger partial charge in [0.1, 0.15) is 11.5 Å². The third-order valence-corrected chi connectivity index (χ3v) is 3.66. The Kier molecular flexibility index (Phi) is 4.79. The average molecular weight is 326 g/mol. The molecule has 1 amide bonds. The lowest BCUT2D eigenvalue weighted by atomic mass is 10.2. The Labute approximate surface area is 139 Å². The van der Waals surface area contributed by atoms with Gasteiger partial charge in [-0.3, -0.25) is 4.79 Å². The Morgan fingerprint density at radius 1 is 1.00 bits per heavy atom. The van der Waals surface area contributed by atoms with Crippen molar-refractivity contribution in [1.29, 1.82) is 0 Å². The van der Waals surface area contributed by atoms with Gasteiger partial charge in [0, 0.05) is 29.1 Å². The number of aryl methyl sites for hydroxylation is 1. The lowest BCUT2D eigenvalue weighted by Crippen LogP contribution is -2.11. The maximum Gasteiger partial charge on any atom is 0.224 e. The van der Waals surface area contributed by atoms with Crippen LogP contribution in [0.4, 0.5) is 5.69 Å². The maximum absolute atomic E-state index is 11.9. The number of rotatable bonds is 5. The van der Waals surface area contributed by atoms with Crippen LogP contribution in [0.15, 0.2) is 71.1 Å². The lowest BCUT2D eigenvalue weighted by molar-refractivity contribution is -0.116. The lowest BCUT2D eigenvalue weighted by Gasteiger charge is -2.03. The van der Waals surface area contributed by atoms with Gasteiger partial charge in [-0.2, -0.15) is 0 Å². The second-order valence-electron chi connectivity index (χ2n) is 5.19. The zero-order valence-electron chi connectivity index (χ0n) is 12.5. The van der Waals surface area contributed by atoms with Gasteiger partial charge in [-0.15, -0.1) is 0 Å². The summed E-state index contributed by atoms with van der Waals surface area (Å²) in [6.07, 6.45) is 0.927. The first kappa shape index (κ1) is 15.4. The predicted molar refractivity (Wildman–Crippen MR) is 92.5 cm³/mol. The minimum absolute atomic E-state index is 0.0306. The van der Waals surface area contributed by atoms with E-state index in [9.17, 15) is 4.79 Å². The van der Waals surface area contributed by atoms with E-state index in [1.807, 2.05) is 66.7 Å². The summed E-state index contributed by atoms with van der Waals surface area (Å²) in [4.78, 5) is 11.9. The normalized spacial score (nSPS) is 10.5. The first-order valence-corrected chi connectivity index (χ1v) is 7.78. The molecular formula is C19H16ClNO2. The summed E-state index contributed by atoms with van der Waals surface area (Å²) in [6, 6.07) is 20.7. The van der Waals surface area contributed by atoms with Gasteiger partial charge in [0.25, 0.3) is 0 Å². The van der Waals surface area contributed by atoms with Crippen LogP contribution in [0.25, 0.3) is 11.3 Å². The van der Waals surface area contributed by atoms with E-state index < -0.39 is 0 Å². The van der Waals surface area contributed by atoms with E-state index in [1.165, 1.54) is 0 Å². The van der Waals surface area contributed by atoms with Gasteiger partial charge in [-0.1, -0.05) is 41.9 Å². The average Bonchev–Trinajstić information content (AvgIpc) is 3.03. The quantitative estimate of drug-likeness (QED) is 0.703. The molecule has 116 valence electrons. The Balaban J connectivity index is 1.58. The number of carbonyl (C=O) groups is 1. The van der Waals surface area contributed by atoms with Gasteiger partial charge >= 0.3 is 0 Å². The molecule has 2 aromatic carbocycles. The molecule has 0 aliphatic carbocycles. The van der Waals surface area contributed by atoms with Crippen LogP contribution in [0.5, 0.6) is 0 Å². The van der Waals surface area contributed by atoms with Crippen molar-refractivity contribution in [3.8, 4) is 11.3 Å². The fraction of sp³-hybridized carbons (Fsp3) is 0.105. The molecule has 3 aromatic rings. The van der Waals surface area contributed by atoms with E-state index in [2.05, 4.69) is 5.32 Å².